The summed E-state index contributed by atoms with van der Waals surface area (Å²) in [6, 6.07) is 18.0. The molecule has 0 aliphatic carbocycles. The van der Waals surface area contributed by atoms with Crippen LogP contribution in [0.2, 0.25) is 10.0 Å². The number of sulfone groups is 1. The number of hydrogen-bond donors (Lipinski definition) is 3. The van der Waals surface area contributed by atoms with Crippen molar-refractivity contribution in [1.82, 2.24) is 4.57 Å². The number of amides is 2. The molecule has 0 saturated carbocycles. The average molecular weight is 586 g/mol. The number of hydrogen-bond acceptors (Lipinski definition) is 5. The lowest BCUT2D eigenvalue weighted by atomic mass is 10.2. The lowest BCUT2D eigenvalue weighted by molar-refractivity contribution is -0.115. The monoisotopic (exact) mass is 585 g/mol. The van der Waals surface area contributed by atoms with Gasteiger partial charge in [0.1, 0.15) is 11.0 Å². The molecular formula is C28H25Cl2N3O5S. The minimum atomic E-state index is -3.98. The molecule has 1 unspecified atom stereocenters. The first-order valence-electron chi connectivity index (χ1n) is 11.9. The standard InChI is InChI=1S/C28H25Cl2N3O5S/c1-3-26(39(37,38)19-11-7-8-17(2)12-19)28(36)31-23-14-25(34)24(13-21(23)29)32-27(35)20-15-33(16-22(20)30)18-9-5-4-6-10-18/h4-16,26,34H,3H2,1-2H3,(H,31,36)(H,32,35). The van der Waals surface area contributed by atoms with Gasteiger partial charge in [-0.2, -0.15) is 0 Å². The number of halogens is 2. The van der Waals surface area contributed by atoms with Crippen molar-refractivity contribution in [3.8, 4) is 11.4 Å². The summed E-state index contributed by atoms with van der Waals surface area (Å²) in [5.41, 5.74) is 1.68. The summed E-state index contributed by atoms with van der Waals surface area (Å²) < 4.78 is 27.9. The van der Waals surface area contributed by atoms with Gasteiger partial charge in [-0.05, 0) is 49.2 Å². The number of phenolic OH excluding ortho intramolecular Hbond substituents is 1. The van der Waals surface area contributed by atoms with Gasteiger partial charge < -0.3 is 20.3 Å². The van der Waals surface area contributed by atoms with Crippen LogP contribution in [0.3, 0.4) is 0 Å². The van der Waals surface area contributed by atoms with Crippen molar-refractivity contribution in [3.05, 3.63) is 100 Å². The third-order valence-corrected chi connectivity index (χ3v) is 8.85. The van der Waals surface area contributed by atoms with Crippen molar-refractivity contribution in [1.29, 1.82) is 0 Å². The van der Waals surface area contributed by atoms with E-state index in [4.69, 9.17) is 23.2 Å². The maximum Gasteiger partial charge on any atom is 0.258 e. The van der Waals surface area contributed by atoms with Gasteiger partial charge in [0.2, 0.25) is 5.91 Å². The second kappa shape index (κ2) is 11.5. The fourth-order valence-electron chi connectivity index (χ4n) is 4.01. The SMILES string of the molecule is CCC(C(=O)Nc1cc(O)c(NC(=O)c2cn(-c3ccccc3)cc2Cl)cc1Cl)S(=O)(=O)c1cccc(C)c1. The van der Waals surface area contributed by atoms with E-state index in [1.54, 1.807) is 42.9 Å². The van der Waals surface area contributed by atoms with Gasteiger partial charge in [-0.1, -0.05) is 60.5 Å². The molecule has 3 N–H and O–H groups in total. The van der Waals surface area contributed by atoms with Gasteiger partial charge in [-0.3, -0.25) is 9.59 Å². The Morgan fingerprint density at radius 1 is 0.923 bits per heavy atom. The molecule has 1 heterocycles. The van der Waals surface area contributed by atoms with Crippen molar-refractivity contribution >= 4 is 56.2 Å². The highest BCUT2D eigenvalue weighted by molar-refractivity contribution is 7.92. The number of rotatable bonds is 8. The number of nitrogens with one attached hydrogen (secondary N) is 2. The molecule has 0 aliphatic heterocycles. The molecule has 4 rings (SSSR count). The molecule has 0 aliphatic rings. The van der Waals surface area contributed by atoms with Crippen LogP contribution in [0.5, 0.6) is 5.75 Å². The van der Waals surface area contributed by atoms with Crippen LogP contribution in [-0.2, 0) is 14.6 Å². The van der Waals surface area contributed by atoms with Gasteiger partial charge in [0.05, 0.1) is 31.9 Å². The molecule has 0 bridgehead atoms. The van der Waals surface area contributed by atoms with Gasteiger partial charge >= 0.3 is 0 Å². The number of carbonyl (C=O) groups is 2. The van der Waals surface area contributed by atoms with Crippen molar-refractivity contribution < 1.29 is 23.1 Å². The molecule has 0 radical (unpaired) electrons. The average Bonchev–Trinajstić information content (AvgIpc) is 3.29. The fraction of sp³-hybridized carbons (Fsp3) is 0.143. The summed E-state index contributed by atoms with van der Waals surface area (Å²) in [6.07, 6.45) is 3.16. The third-order valence-electron chi connectivity index (χ3n) is 6.02. The van der Waals surface area contributed by atoms with Gasteiger partial charge in [-0.15, -0.1) is 0 Å². The van der Waals surface area contributed by atoms with Crippen molar-refractivity contribution in [2.75, 3.05) is 10.6 Å². The maximum absolute atomic E-state index is 13.1. The Hall–Kier alpha value is -3.79. The van der Waals surface area contributed by atoms with E-state index in [2.05, 4.69) is 10.6 Å². The summed E-state index contributed by atoms with van der Waals surface area (Å²) >= 11 is 12.6. The zero-order valence-corrected chi connectivity index (χ0v) is 23.3. The first-order valence-corrected chi connectivity index (χ1v) is 14.2. The Kier molecular flexibility index (Phi) is 8.34. The van der Waals surface area contributed by atoms with E-state index in [0.717, 1.165) is 17.3 Å². The Balaban J connectivity index is 1.52. The Bertz CT molecular complexity index is 1650. The highest BCUT2D eigenvalue weighted by atomic mass is 35.5. The number of nitrogens with zero attached hydrogens (tertiary/aromatic N) is 1. The zero-order valence-electron chi connectivity index (χ0n) is 21.0. The summed E-state index contributed by atoms with van der Waals surface area (Å²) in [7, 11) is -3.98. The minimum Gasteiger partial charge on any atom is -0.506 e. The number of anilines is 2. The summed E-state index contributed by atoms with van der Waals surface area (Å²) in [5.74, 6) is -1.78. The van der Waals surface area contributed by atoms with E-state index < -0.39 is 32.7 Å². The molecular weight excluding hydrogens is 561 g/mol. The molecule has 1 atom stereocenters. The maximum atomic E-state index is 13.1. The van der Waals surface area contributed by atoms with E-state index in [1.165, 1.54) is 18.2 Å². The Morgan fingerprint density at radius 2 is 1.64 bits per heavy atom. The largest absolute Gasteiger partial charge is 0.506 e. The summed E-state index contributed by atoms with van der Waals surface area (Å²) in [4.78, 5) is 25.9. The number of para-hydroxylation sites is 1. The number of phenols is 1. The quantitative estimate of drug-likeness (QED) is 0.211. The second-order valence-electron chi connectivity index (χ2n) is 8.81. The Morgan fingerprint density at radius 3 is 2.31 bits per heavy atom. The van der Waals surface area contributed by atoms with Crippen LogP contribution in [0.4, 0.5) is 11.4 Å². The first-order chi connectivity index (χ1) is 18.5. The predicted octanol–water partition coefficient (Wildman–Crippen LogP) is 6.24. The zero-order chi connectivity index (χ0) is 28.3. The van der Waals surface area contributed by atoms with Crippen molar-refractivity contribution in [2.45, 2.75) is 30.4 Å². The number of benzene rings is 3. The number of aromatic nitrogens is 1. The van der Waals surface area contributed by atoms with Gasteiger partial charge in [-0.25, -0.2) is 8.42 Å². The molecule has 0 spiro atoms. The highest BCUT2D eigenvalue weighted by Gasteiger charge is 2.33. The molecule has 0 saturated heterocycles. The van der Waals surface area contributed by atoms with Crippen LogP contribution < -0.4 is 10.6 Å². The van der Waals surface area contributed by atoms with Gasteiger partial charge in [0.25, 0.3) is 5.91 Å². The summed E-state index contributed by atoms with van der Waals surface area (Å²) in [5, 5.41) is 14.4. The topological polar surface area (TPSA) is 118 Å². The number of aryl methyl sites for hydroxylation is 1. The normalized spacial score (nSPS) is 12.1. The lowest BCUT2D eigenvalue weighted by Gasteiger charge is -2.18. The third kappa shape index (κ3) is 6.11. The lowest BCUT2D eigenvalue weighted by Crippen LogP contribution is -2.34. The van der Waals surface area contributed by atoms with E-state index in [-0.39, 0.29) is 38.3 Å². The molecule has 0 fully saturated rings. The fourth-order valence-corrected chi connectivity index (χ4v) is 6.19. The van der Waals surface area contributed by atoms with E-state index in [0.29, 0.717) is 0 Å². The molecule has 8 nitrogen and oxygen atoms in total. The van der Waals surface area contributed by atoms with Crippen molar-refractivity contribution in [2.24, 2.45) is 0 Å². The smallest absolute Gasteiger partial charge is 0.258 e. The van der Waals surface area contributed by atoms with E-state index >= 15 is 0 Å². The Labute approximate surface area is 236 Å². The van der Waals surface area contributed by atoms with Crippen LogP contribution >= 0.6 is 23.2 Å². The van der Waals surface area contributed by atoms with Crippen LogP contribution in [-0.4, -0.2) is 35.2 Å². The van der Waals surface area contributed by atoms with Crippen LogP contribution in [0.15, 0.2) is 84.0 Å². The van der Waals surface area contributed by atoms with Crippen LogP contribution in [0.1, 0.15) is 29.3 Å². The van der Waals surface area contributed by atoms with Crippen molar-refractivity contribution in [3.63, 3.8) is 0 Å². The van der Waals surface area contributed by atoms with Crippen LogP contribution in [0, 0.1) is 6.92 Å². The molecule has 39 heavy (non-hydrogen) atoms. The highest BCUT2D eigenvalue weighted by Crippen LogP contribution is 2.35. The predicted molar refractivity (Wildman–Crippen MR) is 153 cm³/mol. The van der Waals surface area contributed by atoms with E-state index in [9.17, 15) is 23.1 Å². The van der Waals surface area contributed by atoms with Gasteiger partial charge in [0, 0.05) is 24.1 Å². The number of carbonyl (C=O) groups excluding carboxylic acids is 2. The number of aromatic hydroxyl groups is 1. The molecule has 1 aromatic heterocycles. The molecule has 202 valence electrons. The molecule has 2 amide bonds. The van der Waals surface area contributed by atoms with E-state index in [1.807, 2.05) is 30.3 Å². The second-order valence-corrected chi connectivity index (χ2v) is 11.8. The van der Waals surface area contributed by atoms with Crippen LogP contribution in [0.25, 0.3) is 5.69 Å². The van der Waals surface area contributed by atoms with Gasteiger partial charge in [0.15, 0.2) is 9.84 Å². The molecule has 11 heteroatoms. The minimum absolute atomic E-state index is 0.0108. The summed E-state index contributed by atoms with van der Waals surface area (Å²) in [6.45, 7) is 3.35. The molecule has 4 aromatic rings. The first kappa shape index (κ1) is 28.2. The molecule has 3 aromatic carbocycles.